The van der Waals surface area contributed by atoms with Crippen molar-refractivity contribution in [3.8, 4) is 11.5 Å². The second-order valence-electron chi connectivity index (χ2n) is 12.8. The van der Waals surface area contributed by atoms with E-state index in [1.54, 1.807) is 14.2 Å². The number of aryl methyl sites for hydroxylation is 4. The Bertz CT molecular complexity index is 1680. The van der Waals surface area contributed by atoms with Crippen LogP contribution in [0.15, 0.2) is 109 Å². The van der Waals surface area contributed by atoms with Crippen LogP contribution in [0.3, 0.4) is 0 Å². The first-order valence-corrected chi connectivity index (χ1v) is 19.3. The summed E-state index contributed by atoms with van der Waals surface area (Å²) in [6.07, 6.45) is 2.65. The molecule has 6 rings (SSSR count). The quantitative estimate of drug-likeness (QED) is 0.154. The van der Waals surface area contributed by atoms with E-state index in [2.05, 4.69) is 137 Å². The van der Waals surface area contributed by atoms with E-state index < -0.39 is 21.9 Å². The molecule has 2 unspecified atom stereocenters. The van der Waals surface area contributed by atoms with Crippen molar-refractivity contribution in [3.63, 3.8) is 0 Å². The first kappa shape index (κ1) is 33.4. The van der Waals surface area contributed by atoms with Gasteiger partial charge in [0.25, 0.3) is 0 Å². The minimum Gasteiger partial charge on any atom is -0.496 e. The van der Waals surface area contributed by atoms with Crippen molar-refractivity contribution >= 4 is 42.4 Å². The predicted octanol–water partition coefficient (Wildman–Crippen LogP) is 8.03. The standard InChI is InChI=1S/C42H46O3P2/c1-28-24-34(25-29(2)41(28)44-5)47(35-26-30(3)42(45-6)31(4)27-35)39-23-15-21-37(39)40(43)36-20-13-14-22-38(36)46(32-16-9-7-10-17-32)33-18-11-8-12-19-33/h7-14,16-20,22,24-27,37,39-40,43H,15,21,23H2,1-6H3/t37?,39?,40-/m0/s1. The van der Waals surface area contributed by atoms with Gasteiger partial charge in [-0.05, 0) is 147 Å². The number of methoxy groups -OCH3 is 2. The molecule has 3 nitrogen and oxygen atoms in total. The molecule has 0 aromatic heterocycles. The zero-order chi connectivity index (χ0) is 33.1. The van der Waals surface area contributed by atoms with Gasteiger partial charge in [-0.15, -0.1) is 0 Å². The molecule has 0 radical (unpaired) electrons. The number of ether oxygens (including phenoxy) is 2. The lowest BCUT2D eigenvalue weighted by Gasteiger charge is -2.35. The highest BCUT2D eigenvalue weighted by Crippen LogP contribution is 2.54. The number of aliphatic hydroxyl groups is 1. The Hall–Kier alpha value is -3.48. The molecule has 1 saturated carbocycles. The molecule has 0 amide bonds. The highest BCUT2D eigenvalue weighted by molar-refractivity contribution is 7.80. The molecular formula is C42H46O3P2. The Labute approximate surface area is 283 Å². The molecule has 242 valence electrons. The van der Waals surface area contributed by atoms with Gasteiger partial charge in [-0.25, -0.2) is 0 Å². The minimum atomic E-state index is -0.842. The fourth-order valence-corrected chi connectivity index (χ4v) is 13.7. The van der Waals surface area contributed by atoms with Gasteiger partial charge in [0, 0.05) is 0 Å². The fraction of sp³-hybridized carbons (Fsp3) is 0.286. The van der Waals surface area contributed by atoms with Gasteiger partial charge >= 0.3 is 0 Å². The minimum absolute atomic E-state index is 0.135. The molecule has 0 heterocycles. The van der Waals surface area contributed by atoms with Gasteiger partial charge < -0.3 is 14.6 Å². The van der Waals surface area contributed by atoms with Gasteiger partial charge in [0.05, 0.1) is 20.3 Å². The van der Waals surface area contributed by atoms with Crippen LogP contribution in [0.5, 0.6) is 11.5 Å². The van der Waals surface area contributed by atoms with Crippen LogP contribution in [0.4, 0.5) is 0 Å². The van der Waals surface area contributed by atoms with E-state index in [-0.39, 0.29) is 5.92 Å². The molecule has 0 aliphatic heterocycles. The van der Waals surface area contributed by atoms with Crippen molar-refractivity contribution in [1.29, 1.82) is 0 Å². The van der Waals surface area contributed by atoms with E-state index in [0.717, 1.165) is 58.6 Å². The molecular weight excluding hydrogens is 614 g/mol. The highest BCUT2D eigenvalue weighted by atomic mass is 31.1. The molecule has 1 aliphatic rings. The molecule has 0 bridgehead atoms. The van der Waals surface area contributed by atoms with Gasteiger partial charge in [-0.1, -0.05) is 91.3 Å². The Balaban J connectivity index is 1.47. The summed E-state index contributed by atoms with van der Waals surface area (Å²) in [7, 11) is 1.88. The van der Waals surface area contributed by atoms with Crippen molar-refractivity contribution in [3.05, 3.63) is 137 Å². The highest BCUT2D eigenvalue weighted by Gasteiger charge is 2.41. The Morgan fingerprint density at radius 3 is 1.51 bits per heavy atom. The predicted molar refractivity (Wildman–Crippen MR) is 202 cm³/mol. The lowest BCUT2D eigenvalue weighted by atomic mass is 9.94. The second-order valence-corrected chi connectivity index (χ2v) is 17.4. The van der Waals surface area contributed by atoms with Crippen LogP contribution in [-0.4, -0.2) is 25.0 Å². The van der Waals surface area contributed by atoms with Crippen molar-refractivity contribution in [2.24, 2.45) is 5.92 Å². The molecule has 1 aliphatic carbocycles. The molecule has 5 heteroatoms. The summed E-state index contributed by atoms with van der Waals surface area (Å²) in [6.45, 7) is 8.61. The number of aliphatic hydroxyl groups excluding tert-OH is 1. The van der Waals surface area contributed by atoms with Crippen LogP contribution in [0.25, 0.3) is 0 Å². The average molecular weight is 661 g/mol. The molecule has 47 heavy (non-hydrogen) atoms. The summed E-state index contributed by atoms with van der Waals surface area (Å²) in [4.78, 5) is 0. The molecule has 5 aromatic rings. The van der Waals surface area contributed by atoms with Gasteiger partial charge in [-0.2, -0.15) is 0 Å². The van der Waals surface area contributed by atoms with Crippen molar-refractivity contribution in [2.75, 3.05) is 14.2 Å². The van der Waals surface area contributed by atoms with Gasteiger partial charge in [-0.3, -0.25) is 0 Å². The Morgan fingerprint density at radius 1 is 0.596 bits per heavy atom. The maximum atomic E-state index is 12.6. The summed E-state index contributed by atoms with van der Waals surface area (Å²) in [5.74, 6) is 2.05. The normalized spacial score (nSPS) is 16.9. The van der Waals surface area contributed by atoms with Crippen LogP contribution < -0.4 is 36.0 Å². The van der Waals surface area contributed by atoms with E-state index in [9.17, 15) is 5.11 Å². The van der Waals surface area contributed by atoms with Crippen LogP contribution in [-0.2, 0) is 0 Å². The van der Waals surface area contributed by atoms with Crippen LogP contribution in [0.2, 0.25) is 0 Å². The van der Waals surface area contributed by atoms with Crippen LogP contribution >= 0.6 is 15.8 Å². The van der Waals surface area contributed by atoms with Gasteiger partial charge in [0.15, 0.2) is 0 Å². The van der Waals surface area contributed by atoms with Gasteiger partial charge in [0.2, 0.25) is 0 Å². The average Bonchev–Trinajstić information content (AvgIpc) is 3.55. The first-order valence-electron chi connectivity index (χ1n) is 16.6. The summed E-state index contributed by atoms with van der Waals surface area (Å²) in [5.41, 5.74) is 6.04. The van der Waals surface area contributed by atoms with Crippen molar-refractivity contribution in [1.82, 2.24) is 0 Å². The van der Waals surface area contributed by atoms with Crippen LogP contribution in [0, 0.1) is 33.6 Å². The number of benzene rings is 5. The summed E-state index contributed by atoms with van der Waals surface area (Å²) in [6, 6.07) is 39.7. The maximum Gasteiger partial charge on any atom is 0.124 e. The second kappa shape index (κ2) is 14.7. The van der Waals surface area contributed by atoms with Crippen molar-refractivity contribution in [2.45, 2.75) is 58.7 Å². The lowest BCUT2D eigenvalue weighted by molar-refractivity contribution is 0.114. The Kier molecular flexibility index (Phi) is 10.5. The maximum absolute atomic E-state index is 12.6. The SMILES string of the molecule is COc1c(C)cc(P(c2cc(C)c(OC)c(C)c2)C2CCCC2[C@@H](O)c2ccccc2P(c2ccccc2)c2ccccc2)cc1C. The topological polar surface area (TPSA) is 38.7 Å². The third kappa shape index (κ3) is 6.77. The third-order valence-electron chi connectivity index (χ3n) is 9.65. The fourth-order valence-electron chi connectivity index (χ4n) is 7.72. The molecule has 0 spiro atoms. The van der Waals surface area contributed by atoms with E-state index in [0.29, 0.717) is 5.66 Å². The molecule has 1 fully saturated rings. The largest absolute Gasteiger partial charge is 0.496 e. The van der Waals surface area contributed by atoms with Crippen molar-refractivity contribution < 1.29 is 14.6 Å². The van der Waals surface area contributed by atoms with Crippen LogP contribution in [0.1, 0.15) is 53.2 Å². The molecule has 3 atom stereocenters. The number of hydrogen-bond donors (Lipinski definition) is 1. The zero-order valence-electron chi connectivity index (χ0n) is 28.4. The summed E-state index contributed by atoms with van der Waals surface area (Å²) < 4.78 is 11.6. The number of rotatable bonds is 10. The van der Waals surface area contributed by atoms with E-state index in [4.69, 9.17) is 9.47 Å². The third-order valence-corrected chi connectivity index (χ3v) is 15.1. The van der Waals surface area contributed by atoms with E-state index in [1.165, 1.54) is 26.5 Å². The van der Waals surface area contributed by atoms with E-state index >= 15 is 0 Å². The smallest absolute Gasteiger partial charge is 0.124 e. The number of hydrogen-bond acceptors (Lipinski definition) is 3. The lowest BCUT2D eigenvalue weighted by Crippen LogP contribution is -2.31. The van der Waals surface area contributed by atoms with E-state index in [1.807, 2.05) is 0 Å². The summed E-state index contributed by atoms with van der Waals surface area (Å²) in [5, 5.41) is 19.2. The Morgan fingerprint density at radius 2 is 1.04 bits per heavy atom. The summed E-state index contributed by atoms with van der Waals surface area (Å²) >= 11 is 0. The molecule has 1 N–H and O–H groups in total. The van der Waals surface area contributed by atoms with Gasteiger partial charge in [0.1, 0.15) is 11.5 Å². The first-order chi connectivity index (χ1) is 22.8. The molecule has 0 saturated heterocycles. The monoisotopic (exact) mass is 660 g/mol. The zero-order valence-corrected chi connectivity index (χ0v) is 30.2. The molecule has 5 aromatic carbocycles.